The van der Waals surface area contributed by atoms with Crippen molar-refractivity contribution in [2.45, 2.75) is 32.9 Å². The third-order valence-corrected chi connectivity index (χ3v) is 3.30. The summed E-state index contributed by atoms with van der Waals surface area (Å²) in [5.74, 6) is 1.43. The Balaban J connectivity index is 2.66. The van der Waals surface area contributed by atoms with E-state index in [2.05, 4.69) is 31.0 Å². The van der Waals surface area contributed by atoms with E-state index in [1.165, 1.54) is 0 Å². The van der Waals surface area contributed by atoms with Gasteiger partial charge in [0, 0.05) is 16.1 Å². The first-order chi connectivity index (χ1) is 8.84. The molecule has 0 amide bonds. The molecule has 2 rings (SSSR count). The Bertz CT molecular complexity index is 599. The molecule has 0 saturated heterocycles. The molecule has 2 N–H and O–H groups in total. The Morgan fingerprint density at radius 1 is 1.21 bits per heavy atom. The summed E-state index contributed by atoms with van der Waals surface area (Å²) in [6.45, 7) is 6.55. The van der Waals surface area contributed by atoms with Crippen molar-refractivity contribution in [1.29, 1.82) is 0 Å². The van der Waals surface area contributed by atoms with E-state index in [1.54, 1.807) is 12.1 Å². The zero-order chi connectivity index (χ0) is 14.2. The standard InChI is InChI=1S/C13H16Cl2N4/c1-13(2,3)19-11(7-16)17-18-12(19)9-5-4-8(14)6-10(9)15/h4-6H,7,16H2,1-3H3. The lowest BCUT2D eigenvalue weighted by Crippen LogP contribution is -2.26. The molecule has 1 aromatic heterocycles. The minimum absolute atomic E-state index is 0.184. The van der Waals surface area contributed by atoms with E-state index in [9.17, 15) is 0 Å². The number of hydrogen-bond donors (Lipinski definition) is 1. The van der Waals surface area contributed by atoms with Crippen LogP contribution in [0.5, 0.6) is 0 Å². The molecule has 6 heteroatoms. The number of rotatable bonds is 2. The van der Waals surface area contributed by atoms with Crippen LogP contribution >= 0.6 is 23.2 Å². The molecule has 0 aliphatic heterocycles. The first kappa shape index (κ1) is 14.3. The highest BCUT2D eigenvalue weighted by Gasteiger charge is 2.24. The number of nitrogens with zero attached hydrogens (tertiary/aromatic N) is 3. The molecule has 0 radical (unpaired) electrons. The van der Waals surface area contributed by atoms with E-state index >= 15 is 0 Å². The zero-order valence-electron chi connectivity index (χ0n) is 11.1. The molecule has 0 fully saturated rings. The van der Waals surface area contributed by atoms with Crippen LogP contribution in [0.4, 0.5) is 0 Å². The van der Waals surface area contributed by atoms with Crippen LogP contribution in [-0.4, -0.2) is 14.8 Å². The van der Waals surface area contributed by atoms with E-state index in [0.29, 0.717) is 22.4 Å². The molecule has 2 aromatic rings. The Morgan fingerprint density at radius 3 is 2.42 bits per heavy atom. The van der Waals surface area contributed by atoms with Crippen LogP contribution < -0.4 is 5.73 Å². The average molecular weight is 299 g/mol. The van der Waals surface area contributed by atoms with E-state index in [0.717, 1.165) is 11.4 Å². The summed E-state index contributed by atoms with van der Waals surface area (Å²) < 4.78 is 2.00. The molecular weight excluding hydrogens is 283 g/mol. The number of benzene rings is 1. The van der Waals surface area contributed by atoms with Gasteiger partial charge in [-0.1, -0.05) is 23.2 Å². The summed E-state index contributed by atoms with van der Waals surface area (Å²) >= 11 is 12.2. The fraction of sp³-hybridized carbons (Fsp3) is 0.385. The summed E-state index contributed by atoms with van der Waals surface area (Å²) in [7, 11) is 0. The maximum absolute atomic E-state index is 6.24. The van der Waals surface area contributed by atoms with Crippen LogP contribution in [0.25, 0.3) is 11.4 Å². The summed E-state index contributed by atoms with van der Waals surface area (Å²) in [5.41, 5.74) is 6.34. The predicted molar refractivity (Wildman–Crippen MR) is 78.4 cm³/mol. The van der Waals surface area contributed by atoms with Crippen molar-refractivity contribution in [3.8, 4) is 11.4 Å². The molecule has 0 aliphatic carbocycles. The fourth-order valence-corrected chi connectivity index (χ4v) is 2.49. The van der Waals surface area contributed by atoms with Crippen LogP contribution in [0.15, 0.2) is 18.2 Å². The van der Waals surface area contributed by atoms with Gasteiger partial charge in [0.15, 0.2) is 5.82 Å². The van der Waals surface area contributed by atoms with Crippen LogP contribution in [0, 0.1) is 0 Å². The number of hydrogen-bond acceptors (Lipinski definition) is 3. The van der Waals surface area contributed by atoms with Crippen LogP contribution in [0.3, 0.4) is 0 Å². The van der Waals surface area contributed by atoms with Crippen molar-refractivity contribution in [1.82, 2.24) is 14.8 Å². The van der Waals surface area contributed by atoms with E-state index in [4.69, 9.17) is 28.9 Å². The average Bonchev–Trinajstić information content (AvgIpc) is 2.72. The second-order valence-electron chi connectivity index (χ2n) is 5.27. The molecule has 102 valence electrons. The maximum atomic E-state index is 6.24. The van der Waals surface area contributed by atoms with E-state index in [1.807, 2.05) is 10.6 Å². The van der Waals surface area contributed by atoms with E-state index in [-0.39, 0.29) is 5.54 Å². The Hall–Kier alpha value is -1.10. The third kappa shape index (κ3) is 2.76. The first-order valence-corrected chi connectivity index (χ1v) is 6.70. The highest BCUT2D eigenvalue weighted by Crippen LogP contribution is 2.32. The maximum Gasteiger partial charge on any atom is 0.166 e. The summed E-state index contributed by atoms with van der Waals surface area (Å²) in [6, 6.07) is 5.33. The van der Waals surface area contributed by atoms with Crippen molar-refractivity contribution in [2.75, 3.05) is 0 Å². The number of nitrogens with two attached hydrogens (primary N) is 1. The summed E-state index contributed by atoms with van der Waals surface area (Å²) in [5, 5.41) is 9.50. The molecule has 19 heavy (non-hydrogen) atoms. The molecule has 0 unspecified atom stereocenters. The summed E-state index contributed by atoms with van der Waals surface area (Å²) in [4.78, 5) is 0. The van der Waals surface area contributed by atoms with Crippen molar-refractivity contribution in [3.63, 3.8) is 0 Å². The number of halogens is 2. The largest absolute Gasteiger partial charge is 0.324 e. The molecule has 0 atom stereocenters. The normalized spacial score (nSPS) is 11.9. The summed E-state index contributed by atoms with van der Waals surface area (Å²) in [6.07, 6.45) is 0. The van der Waals surface area contributed by atoms with Gasteiger partial charge in [-0.3, -0.25) is 0 Å². The van der Waals surface area contributed by atoms with Gasteiger partial charge in [0.05, 0.1) is 11.6 Å². The second kappa shape index (κ2) is 5.12. The van der Waals surface area contributed by atoms with Gasteiger partial charge in [0.2, 0.25) is 0 Å². The minimum atomic E-state index is -0.184. The van der Waals surface area contributed by atoms with Gasteiger partial charge in [-0.15, -0.1) is 10.2 Å². The molecule has 1 heterocycles. The van der Waals surface area contributed by atoms with E-state index < -0.39 is 0 Å². The van der Waals surface area contributed by atoms with Gasteiger partial charge in [-0.2, -0.15) is 0 Å². The lowest BCUT2D eigenvalue weighted by molar-refractivity contribution is 0.386. The molecule has 0 spiro atoms. The van der Waals surface area contributed by atoms with Crippen LogP contribution in [0.2, 0.25) is 10.0 Å². The van der Waals surface area contributed by atoms with Crippen molar-refractivity contribution in [2.24, 2.45) is 5.73 Å². The Labute approximate surface area is 122 Å². The van der Waals surface area contributed by atoms with Gasteiger partial charge in [-0.25, -0.2) is 0 Å². The highest BCUT2D eigenvalue weighted by molar-refractivity contribution is 6.36. The van der Waals surface area contributed by atoms with Gasteiger partial charge < -0.3 is 10.3 Å². The van der Waals surface area contributed by atoms with Crippen molar-refractivity contribution < 1.29 is 0 Å². The topological polar surface area (TPSA) is 56.7 Å². The van der Waals surface area contributed by atoms with Crippen molar-refractivity contribution >= 4 is 23.2 Å². The smallest absolute Gasteiger partial charge is 0.166 e. The lowest BCUT2D eigenvalue weighted by Gasteiger charge is -2.25. The first-order valence-electron chi connectivity index (χ1n) is 5.95. The Morgan fingerprint density at radius 2 is 1.89 bits per heavy atom. The molecular formula is C13H16Cl2N4. The predicted octanol–water partition coefficient (Wildman–Crippen LogP) is 3.47. The van der Waals surface area contributed by atoms with Gasteiger partial charge in [0.1, 0.15) is 5.82 Å². The molecule has 4 nitrogen and oxygen atoms in total. The minimum Gasteiger partial charge on any atom is -0.324 e. The molecule has 1 aromatic carbocycles. The quantitative estimate of drug-likeness (QED) is 0.923. The molecule has 0 aliphatic rings. The SMILES string of the molecule is CC(C)(C)n1c(CN)nnc1-c1ccc(Cl)cc1Cl. The Kier molecular flexibility index (Phi) is 3.85. The molecule has 0 saturated carbocycles. The second-order valence-corrected chi connectivity index (χ2v) is 6.12. The van der Waals surface area contributed by atoms with Crippen LogP contribution in [-0.2, 0) is 12.1 Å². The lowest BCUT2D eigenvalue weighted by atomic mass is 10.1. The van der Waals surface area contributed by atoms with Gasteiger partial charge in [-0.05, 0) is 39.0 Å². The highest BCUT2D eigenvalue weighted by atomic mass is 35.5. The monoisotopic (exact) mass is 298 g/mol. The number of aromatic nitrogens is 3. The van der Waals surface area contributed by atoms with Gasteiger partial charge in [0.25, 0.3) is 0 Å². The third-order valence-electron chi connectivity index (χ3n) is 2.76. The fourth-order valence-electron chi connectivity index (χ4n) is 2.00. The van der Waals surface area contributed by atoms with Gasteiger partial charge >= 0.3 is 0 Å². The van der Waals surface area contributed by atoms with Crippen molar-refractivity contribution in [3.05, 3.63) is 34.1 Å². The van der Waals surface area contributed by atoms with Crippen LogP contribution in [0.1, 0.15) is 26.6 Å². The molecule has 0 bridgehead atoms. The zero-order valence-corrected chi connectivity index (χ0v) is 12.6.